The monoisotopic (exact) mass is 593 g/mol. The van der Waals surface area contributed by atoms with Gasteiger partial charge in [-0.1, -0.05) is 23.2 Å². The predicted molar refractivity (Wildman–Crippen MR) is 143 cm³/mol. The van der Waals surface area contributed by atoms with Crippen LogP contribution in [0.3, 0.4) is 0 Å². The lowest BCUT2D eigenvalue weighted by Gasteiger charge is -2.16. The Morgan fingerprint density at radius 2 is 1.92 bits per heavy atom. The van der Waals surface area contributed by atoms with Gasteiger partial charge in [-0.15, -0.1) is 11.3 Å². The number of aromatic nitrogens is 3. The maximum Gasteiger partial charge on any atom is 0.416 e. The molecule has 0 aliphatic carbocycles. The zero-order valence-electron chi connectivity index (χ0n) is 19.8. The molecule has 0 unspecified atom stereocenters. The number of fused-ring (bicyclic) bond motifs is 2. The Morgan fingerprint density at radius 1 is 1.15 bits per heavy atom. The molecular weight excluding hydrogens is 578 g/mol. The second-order valence-corrected chi connectivity index (χ2v) is 10.2. The Hall–Kier alpha value is -3.67. The molecule has 1 N–H and O–H groups in total. The molecule has 0 atom stereocenters. The summed E-state index contributed by atoms with van der Waals surface area (Å²) in [7, 11) is 0. The van der Waals surface area contributed by atoms with Gasteiger partial charge in [-0.2, -0.15) is 13.2 Å². The maximum absolute atomic E-state index is 13.2. The number of carboxylic acid groups (broad SMARTS) is 1. The zero-order valence-corrected chi connectivity index (χ0v) is 22.2. The van der Waals surface area contributed by atoms with Gasteiger partial charge in [0.1, 0.15) is 18.2 Å². The highest BCUT2D eigenvalue weighted by Crippen LogP contribution is 2.39. The summed E-state index contributed by atoms with van der Waals surface area (Å²) in [5, 5.41) is 10.9. The van der Waals surface area contributed by atoms with Crippen LogP contribution in [0.2, 0.25) is 10.0 Å². The van der Waals surface area contributed by atoms with E-state index in [4.69, 9.17) is 27.9 Å². The van der Waals surface area contributed by atoms with Gasteiger partial charge in [0.2, 0.25) is 0 Å². The third-order valence-electron chi connectivity index (χ3n) is 6.02. The number of rotatable bonds is 6. The van der Waals surface area contributed by atoms with Crippen LogP contribution >= 0.6 is 34.5 Å². The average Bonchev–Trinajstić information content (AvgIpc) is 3.30. The van der Waals surface area contributed by atoms with E-state index < -0.39 is 23.3 Å². The molecular formula is C26H16Cl2F3N3O4S. The molecule has 39 heavy (non-hydrogen) atoms. The number of benzene rings is 2. The molecule has 0 aliphatic rings. The summed E-state index contributed by atoms with van der Waals surface area (Å²) in [5.74, 6) is -0.476. The van der Waals surface area contributed by atoms with Gasteiger partial charge in [0.15, 0.2) is 0 Å². The minimum atomic E-state index is -4.63. The van der Waals surface area contributed by atoms with Crippen molar-refractivity contribution < 1.29 is 27.8 Å². The summed E-state index contributed by atoms with van der Waals surface area (Å²) < 4.78 is 47.5. The van der Waals surface area contributed by atoms with E-state index in [-0.39, 0.29) is 40.5 Å². The van der Waals surface area contributed by atoms with Gasteiger partial charge < -0.3 is 9.84 Å². The summed E-state index contributed by atoms with van der Waals surface area (Å²) in [6.07, 6.45) is -3.13. The number of pyridine rings is 1. The molecule has 0 aliphatic heterocycles. The van der Waals surface area contributed by atoms with Crippen LogP contribution < -0.4 is 10.3 Å². The molecule has 3 aromatic heterocycles. The lowest BCUT2D eigenvalue weighted by atomic mass is 10.0. The highest BCUT2D eigenvalue weighted by molar-refractivity contribution is 7.18. The lowest BCUT2D eigenvalue weighted by Crippen LogP contribution is -2.27. The van der Waals surface area contributed by atoms with Gasteiger partial charge in [-0.3, -0.25) is 14.3 Å². The molecule has 13 heteroatoms. The smallest absolute Gasteiger partial charge is 0.416 e. The molecule has 200 valence electrons. The molecule has 3 heterocycles. The largest absolute Gasteiger partial charge is 0.491 e. The van der Waals surface area contributed by atoms with E-state index in [1.165, 1.54) is 34.4 Å². The Bertz CT molecular complexity index is 1840. The number of hydrogen-bond donors (Lipinski definition) is 1. The first-order valence-corrected chi connectivity index (χ1v) is 12.9. The normalized spacial score (nSPS) is 11.8. The van der Waals surface area contributed by atoms with Crippen molar-refractivity contribution >= 4 is 61.6 Å². The van der Waals surface area contributed by atoms with Crippen molar-refractivity contribution in [1.29, 1.82) is 0 Å². The van der Waals surface area contributed by atoms with Gasteiger partial charge in [-0.05, 0) is 43.3 Å². The van der Waals surface area contributed by atoms with Crippen LogP contribution in [0.1, 0.15) is 21.7 Å². The van der Waals surface area contributed by atoms with Gasteiger partial charge in [0.05, 0.1) is 43.8 Å². The summed E-state index contributed by atoms with van der Waals surface area (Å²) in [5.41, 5.74) is -0.0410. The number of thiophene rings is 1. The Kier molecular flexibility index (Phi) is 7.00. The first-order chi connectivity index (χ1) is 18.5. The van der Waals surface area contributed by atoms with Crippen LogP contribution in [0, 0.1) is 6.92 Å². The molecule has 2 aromatic carbocycles. The quantitative estimate of drug-likeness (QED) is 0.226. The zero-order chi connectivity index (χ0) is 28.1. The Labute approximate surface area is 232 Å². The van der Waals surface area contributed by atoms with Gasteiger partial charge in [0, 0.05) is 27.7 Å². The SMILES string of the molecule is Cc1nc2cc(C(F)(F)F)cc(Cl)c2c(=O)n1CCOc1ccc(Cl)cc1-c1ccnc2c(C(=O)O)csc12. The third-order valence-corrected chi connectivity index (χ3v) is 7.55. The van der Waals surface area contributed by atoms with Crippen molar-refractivity contribution in [3.63, 3.8) is 0 Å². The number of nitrogens with zero attached hydrogens (tertiary/aromatic N) is 3. The highest BCUT2D eigenvalue weighted by Gasteiger charge is 2.32. The third kappa shape index (κ3) is 5.05. The number of carboxylic acids is 1. The fraction of sp³-hybridized carbons (Fsp3) is 0.154. The molecule has 0 amide bonds. The Balaban J connectivity index is 1.47. The second kappa shape index (κ2) is 10.1. The fourth-order valence-electron chi connectivity index (χ4n) is 4.22. The van der Waals surface area contributed by atoms with Crippen molar-refractivity contribution in [3.05, 3.63) is 85.3 Å². The van der Waals surface area contributed by atoms with E-state index in [9.17, 15) is 27.9 Å². The molecule has 0 bridgehead atoms. The average molecular weight is 594 g/mol. The van der Waals surface area contributed by atoms with Gasteiger partial charge in [-0.25, -0.2) is 9.78 Å². The van der Waals surface area contributed by atoms with Crippen molar-refractivity contribution in [1.82, 2.24) is 14.5 Å². The van der Waals surface area contributed by atoms with Crippen LogP contribution in [0.5, 0.6) is 5.75 Å². The van der Waals surface area contributed by atoms with E-state index in [2.05, 4.69) is 9.97 Å². The fourth-order valence-corrected chi connectivity index (χ4v) is 5.71. The number of ether oxygens (including phenoxy) is 1. The van der Waals surface area contributed by atoms with E-state index >= 15 is 0 Å². The molecule has 5 rings (SSSR count). The van der Waals surface area contributed by atoms with E-state index in [1.54, 1.807) is 24.3 Å². The number of halogens is 5. The molecule has 0 saturated heterocycles. The second-order valence-electron chi connectivity index (χ2n) is 8.45. The summed E-state index contributed by atoms with van der Waals surface area (Å²) in [4.78, 5) is 33.1. The van der Waals surface area contributed by atoms with Crippen molar-refractivity contribution in [2.75, 3.05) is 6.61 Å². The van der Waals surface area contributed by atoms with E-state index in [0.717, 1.165) is 6.07 Å². The molecule has 0 spiro atoms. The number of aryl methyl sites for hydroxylation is 1. The number of alkyl halides is 3. The lowest BCUT2D eigenvalue weighted by molar-refractivity contribution is -0.137. The van der Waals surface area contributed by atoms with Gasteiger partial charge >= 0.3 is 12.1 Å². The summed E-state index contributed by atoms with van der Waals surface area (Å²) >= 11 is 13.5. The predicted octanol–water partition coefficient (Wildman–Crippen LogP) is 7.08. The van der Waals surface area contributed by atoms with Crippen LogP contribution in [0.4, 0.5) is 13.2 Å². The van der Waals surface area contributed by atoms with Crippen molar-refractivity contribution in [2.45, 2.75) is 19.6 Å². The topological polar surface area (TPSA) is 94.3 Å². The molecule has 0 fully saturated rings. The number of aromatic carboxylic acids is 1. The van der Waals surface area contributed by atoms with Crippen molar-refractivity contribution in [3.8, 4) is 16.9 Å². The number of hydrogen-bond acceptors (Lipinski definition) is 6. The molecule has 5 aromatic rings. The minimum Gasteiger partial charge on any atom is -0.491 e. The van der Waals surface area contributed by atoms with Crippen molar-refractivity contribution in [2.24, 2.45) is 0 Å². The van der Waals surface area contributed by atoms with E-state index in [0.29, 0.717) is 38.2 Å². The standard InChI is InChI=1S/C26H16Cl2F3N3O4S/c1-12-33-19-9-13(26(29,30)31)8-18(28)21(19)24(35)34(12)6-7-38-20-3-2-14(27)10-16(20)15-4-5-32-22-17(25(36)37)11-39-23(15)22/h2-5,8-11H,6-7H2,1H3,(H,36,37). The minimum absolute atomic E-state index is 0.000137. The van der Waals surface area contributed by atoms with Crippen LogP contribution in [-0.4, -0.2) is 32.2 Å². The van der Waals surface area contributed by atoms with Crippen LogP contribution in [0.15, 0.2) is 52.8 Å². The first kappa shape index (κ1) is 26.9. The summed E-state index contributed by atoms with van der Waals surface area (Å²) in [6, 6.07) is 8.19. The number of carbonyl (C=O) groups is 1. The Morgan fingerprint density at radius 3 is 2.64 bits per heavy atom. The summed E-state index contributed by atoms with van der Waals surface area (Å²) in [6.45, 7) is 1.54. The molecule has 7 nitrogen and oxygen atoms in total. The van der Waals surface area contributed by atoms with E-state index in [1.807, 2.05) is 0 Å². The van der Waals surface area contributed by atoms with Crippen LogP contribution in [-0.2, 0) is 12.7 Å². The highest BCUT2D eigenvalue weighted by atomic mass is 35.5. The molecule has 0 radical (unpaired) electrons. The molecule has 0 saturated carbocycles. The maximum atomic E-state index is 13.2. The van der Waals surface area contributed by atoms with Crippen LogP contribution in [0.25, 0.3) is 32.2 Å². The van der Waals surface area contributed by atoms with Gasteiger partial charge in [0.25, 0.3) is 5.56 Å². The first-order valence-electron chi connectivity index (χ1n) is 11.3.